The fourth-order valence-electron chi connectivity index (χ4n) is 1.94. The summed E-state index contributed by atoms with van der Waals surface area (Å²) in [4.78, 5) is 0. The van der Waals surface area contributed by atoms with Gasteiger partial charge in [-0.1, -0.05) is 19.3 Å². The van der Waals surface area contributed by atoms with Gasteiger partial charge in [0.15, 0.2) is 0 Å². The van der Waals surface area contributed by atoms with Crippen LogP contribution in [-0.4, -0.2) is 37.5 Å². The van der Waals surface area contributed by atoms with Gasteiger partial charge >= 0.3 is 0 Å². The lowest BCUT2D eigenvalue weighted by atomic mass is 9.98. The Morgan fingerprint density at radius 2 is 2.07 bits per heavy atom. The summed E-state index contributed by atoms with van der Waals surface area (Å²) < 4.78 is 5.77. The standard InChI is InChI=1S/C11H23NO2/c1-12-10(9-13)7-8-14-11-5-3-2-4-6-11/h10-13H,2-9H2,1H3. The van der Waals surface area contributed by atoms with Crippen molar-refractivity contribution in [3.8, 4) is 0 Å². The Balaban J connectivity index is 2.01. The molecule has 0 aromatic heterocycles. The Hall–Kier alpha value is -0.120. The number of hydrogen-bond acceptors (Lipinski definition) is 3. The number of rotatable bonds is 6. The lowest BCUT2D eigenvalue weighted by molar-refractivity contribution is 0.0212. The third kappa shape index (κ3) is 4.40. The van der Waals surface area contributed by atoms with E-state index < -0.39 is 0 Å². The van der Waals surface area contributed by atoms with Crippen molar-refractivity contribution in [2.45, 2.75) is 50.7 Å². The monoisotopic (exact) mass is 201 g/mol. The lowest BCUT2D eigenvalue weighted by Crippen LogP contribution is -2.31. The highest BCUT2D eigenvalue weighted by Gasteiger charge is 2.14. The Kier molecular flexibility index (Phi) is 6.15. The minimum Gasteiger partial charge on any atom is -0.395 e. The maximum atomic E-state index is 8.94. The van der Waals surface area contributed by atoms with Gasteiger partial charge in [0.05, 0.1) is 12.7 Å². The molecular weight excluding hydrogens is 178 g/mol. The summed E-state index contributed by atoms with van der Waals surface area (Å²) in [5, 5.41) is 12.0. The highest BCUT2D eigenvalue weighted by atomic mass is 16.5. The van der Waals surface area contributed by atoms with Crippen molar-refractivity contribution in [2.24, 2.45) is 0 Å². The number of hydrogen-bond donors (Lipinski definition) is 2. The first-order chi connectivity index (χ1) is 6.86. The quantitative estimate of drug-likeness (QED) is 0.681. The zero-order valence-electron chi connectivity index (χ0n) is 9.17. The van der Waals surface area contributed by atoms with Crippen LogP contribution in [0.2, 0.25) is 0 Å². The molecule has 0 heterocycles. The summed E-state index contributed by atoms with van der Waals surface area (Å²) in [7, 11) is 1.88. The molecule has 0 radical (unpaired) electrons. The molecule has 2 N–H and O–H groups in total. The Morgan fingerprint density at radius 3 is 2.64 bits per heavy atom. The van der Waals surface area contributed by atoms with Crippen molar-refractivity contribution < 1.29 is 9.84 Å². The second-order valence-electron chi connectivity index (χ2n) is 4.09. The molecule has 0 spiro atoms. The minimum absolute atomic E-state index is 0.193. The van der Waals surface area contributed by atoms with Crippen molar-refractivity contribution >= 4 is 0 Å². The van der Waals surface area contributed by atoms with Crippen LogP contribution in [0.1, 0.15) is 38.5 Å². The summed E-state index contributed by atoms with van der Waals surface area (Å²) in [6.45, 7) is 0.973. The predicted octanol–water partition coefficient (Wildman–Crippen LogP) is 1.31. The largest absolute Gasteiger partial charge is 0.395 e. The van der Waals surface area contributed by atoms with Crippen molar-refractivity contribution in [2.75, 3.05) is 20.3 Å². The molecule has 0 aromatic carbocycles. The van der Waals surface area contributed by atoms with Gasteiger partial charge in [-0.25, -0.2) is 0 Å². The molecule has 1 fully saturated rings. The van der Waals surface area contributed by atoms with E-state index in [-0.39, 0.29) is 12.6 Å². The Labute approximate surface area is 86.8 Å². The van der Waals surface area contributed by atoms with Gasteiger partial charge in [-0.3, -0.25) is 0 Å². The van der Waals surface area contributed by atoms with E-state index in [1.165, 1.54) is 32.1 Å². The number of nitrogens with one attached hydrogen (secondary N) is 1. The number of aliphatic hydroxyl groups is 1. The van der Waals surface area contributed by atoms with Crippen molar-refractivity contribution in [3.05, 3.63) is 0 Å². The maximum Gasteiger partial charge on any atom is 0.0585 e. The molecule has 1 saturated carbocycles. The van der Waals surface area contributed by atoms with Gasteiger partial charge in [0.1, 0.15) is 0 Å². The zero-order valence-corrected chi connectivity index (χ0v) is 9.17. The molecular formula is C11H23NO2. The number of aliphatic hydroxyl groups excluding tert-OH is 1. The van der Waals surface area contributed by atoms with Crippen LogP contribution in [0.4, 0.5) is 0 Å². The van der Waals surface area contributed by atoms with Crippen LogP contribution < -0.4 is 5.32 Å². The van der Waals surface area contributed by atoms with Gasteiger partial charge in [0.2, 0.25) is 0 Å². The van der Waals surface area contributed by atoms with Crippen LogP contribution in [0, 0.1) is 0 Å². The summed E-state index contributed by atoms with van der Waals surface area (Å²) in [5.74, 6) is 0. The van der Waals surface area contributed by atoms with Crippen molar-refractivity contribution in [3.63, 3.8) is 0 Å². The summed E-state index contributed by atoms with van der Waals surface area (Å²) in [5.41, 5.74) is 0. The van der Waals surface area contributed by atoms with E-state index in [4.69, 9.17) is 9.84 Å². The Bertz CT molecular complexity index is 131. The van der Waals surface area contributed by atoms with Crippen LogP contribution in [0.25, 0.3) is 0 Å². The SMILES string of the molecule is CNC(CO)CCOC1CCCCC1. The molecule has 1 aliphatic rings. The van der Waals surface area contributed by atoms with Gasteiger partial charge in [-0.15, -0.1) is 0 Å². The van der Waals surface area contributed by atoms with Crippen molar-refractivity contribution in [1.82, 2.24) is 5.32 Å². The highest BCUT2D eigenvalue weighted by Crippen LogP contribution is 2.20. The molecule has 1 atom stereocenters. The smallest absolute Gasteiger partial charge is 0.0585 e. The molecule has 3 heteroatoms. The Morgan fingerprint density at radius 1 is 1.36 bits per heavy atom. The van der Waals surface area contributed by atoms with E-state index in [2.05, 4.69) is 5.32 Å². The average molecular weight is 201 g/mol. The third-order valence-electron chi connectivity index (χ3n) is 3.00. The van der Waals surface area contributed by atoms with Crippen LogP contribution in [0.5, 0.6) is 0 Å². The summed E-state index contributed by atoms with van der Waals surface area (Å²) in [6, 6.07) is 0.193. The van der Waals surface area contributed by atoms with Crippen LogP contribution in [-0.2, 0) is 4.74 Å². The average Bonchev–Trinajstić information content (AvgIpc) is 2.26. The van der Waals surface area contributed by atoms with E-state index in [1.54, 1.807) is 0 Å². The molecule has 1 rings (SSSR count). The van der Waals surface area contributed by atoms with Gasteiger partial charge in [0.25, 0.3) is 0 Å². The first kappa shape index (κ1) is 12.0. The van der Waals surface area contributed by atoms with Gasteiger partial charge in [-0.05, 0) is 26.3 Å². The van der Waals surface area contributed by atoms with Crippen LogP contribution >= 0.6 is 0 Å². The molecule has 14 heavy (non-hydrogen) atoms. The van der Waals surface area contributed by atoms with Crippen molar-refractivity contribution in [1.29, 1.82) is 0 Å². The van der Waals surface area contributed by atoms with Gasteiger partial charge < -0.3 is 15.2 Å². The maximum absolute atomic E-state index is 8.94. The minimum atomic E-state index is 0.193. The topological polar surface area (TPSA) is 41.5 Å². The van der Waals surface area contributed by atoms with E-state index in [9.17, 15) is 0 Å². The molecule has 84 valence electrons. The van der Waals surface area contributed by atoms with E-state index in [0.717, 1.165) is 13.0 Å². The lowest BCUT2D eigenvalue weighted by Gasteiger charge is -2.23. The van der Waals surface area contributed by atoms with E-state index in [1.807, 2.05) is 7.05 Å². The fourth-order valence-corrected chi connectivity index (χ4v) is 1.94. The first-order valence-corrected chi connectivity index (χ1v) is 5.76. The number of ether oxygens (including phenoxy) is 1. The van der Waals surface area contributed by atoms with Gasteiger partial charge in [0, 0.05) is 12.6 Å². The molecule has 0 aliphatic heterocycles. The van der Waals surface area contributed by atoms with Gasteiger partial charge in [-0.2, -0.15) is 0 Å². The summed E-state index contributed by atoms with van der Waals surface area (Å²) in [6.07, 6.45) is 7.85. The molecule has 1 unspecified atom stereocenters. The molecule has 0 aromatic rings. The zero-order chi connectivity index (χ0) is 10.2. The van der Waals surface area contributed by atoms with Crippen LogP contribution in [0.15, 0.2) is 0 Å². The molecule has 1 aliphatic carbocycles. The molecule has 0 saturated heterocycles. The second-order valence-corrected chi connectivity index (χ2v) is 4.09. The van der Waals surface area contributed by atoms with E-state index in [0.29, 0.717) is 6.10 Å². The first-order valence-electron chi connectivity index (χ1n) is 5.76. The number of likely N-dealkylation sites (N-methyl/N-ethyl adjacent to an activating group) is 1. The highest BCUT2D eigenvalue weighted by molar-refractivity contribution is 4.67. The molecule has 3 nitrogen and oxygen atoms in total. The second kappa shape index (κ2) is 7.21. The predicted molar refractivity (Wildman–Crippen MR) is 57.4 cm³/mol. The normalized spacial score (nSPS) is 21.0. The molecule has 0 amide bonds. The third-order valence-corrected chi connectivity index (χ3v) is 3.00. The van der Waals surface area contributed by atoms with E-state index >= 15 is 0 Å². The molecule has 0 bridgehead atoms. The van der Waals surface area contributed by atoms with Crippen LogP contribution in [0.3, 0.4) is 0 Å². The fraction of sp³-hybridized carbons (Fsp3) is 1.00. The summed E-state index contributed by atoms with van der Waals surface area (Å²) >= 11 is 0.